The van der Waals surface area contributed by atoms with Crippen molar-refractivity contribution >= 4 is 17.4 Å². The Morgan fingerprint density at radius 2 is 2.08 bits per heavy atom. The molecule has 7 nitrogen and oxygen atoms in total. The Labute approximate surface area is 143 Å². The molecule has 0 unspecified atom stereocenters. The molecule has 130 valence electrons. The maximum atomic E-state index is 12.8. The Morgan fingerprint density at radius 3 is 2.84 bits per heavy atom. The molecule has 3 aromatic rings. The molecular weight excluding hydrogens is 325 g/mol. The number of carbonyl (C=O) groups excluding carboxylic acids is 1. The number of nitrogens with one attached hydrogen (secondary N) is 2. The van der Waals surface area contributed by atoms with Gasteiger partial charge in [-0.25, -0.2) is 13.9 Å². The summed E-state index contributed by atoms with van der Waals surface area (Å²) in [6.07, 6.45) is 3.23. The Bertz CT molecular complexity index is 863. The molecule has 0 saturated carbocycles. The van der Waals surface area contributed by atoms with Crippen molar-refractivity contribution in [3.63, 3.8) is 0 Å². The number of anilines is 1. The number of hydrogen-bond acceptors (Lipinski definition) is 5. The molecule has 1 amide bonds. The number of benzene rings is 1. The lowest BCUT2D eigenvalue weighted by Crippen LogP contribution is -2.28. The zero-order valence-electron chi connectivity index (χ0n) is 13.7. The summed E-state index contributed by atoms with van der Waals surface area (Å²) in [5.74, 6) is 0.629. The molecule has 0 aliphatic heterocycles. The highest BCUT2D eigenvalue weighted by Gasteiger charge is 2.14. The van der Waals surface area contributed by atoms with Gasteiger partial charge in [0.2, 0.25) is 0 Å². The van der Waals surface area contributed by atoms with E-state index in [2.05, 4.69) is 20.7 Å². The van der Waals surface area contributed by atoms with Gasteiger partial charge in [-0.05, 0) is 37.3 Å². The van der Waals surface area contributed by atoms with Gasteiger partial charge in [0.05, 0.1) is 12.7 Å². The fourth-order valence-corrected chi connectivity index (χ4v) is 2.27. The summed E-state index contributed by atoms with van der Waals surface area (Å²) in [4.78, 5) is 16.7. The molecule has 0 fully saturated rings. The third-order valence-electron chi connectivity index (χ3n) is 3.44. The predicted octanol–water partition coefficient (Wildman–Crippen LogP) is 2.11. The number of nitrogens with zero attached hydrogens (tertiary/aromatic N) is 3. The Kier molecular flexibility index (Phi) is 5.08. The molecule has 25 heavy (non-hydrogen) atoms. The molecular formula is C17H18FN5O2. The fourth-order valence-electron chi connectivity index (χ4n) is 2.27. The van der Waals surface area contributed by atoms with Crippen LogP contribution in [0.5, 0.6) is 5.75 Å². The van der Waals surface area contributed by atoms with Crippen molar-refractivity contribution in [1.82, 2.24) is 19.9 Å². The molecule has 1 aromatic carbocycles. The maximum Gasteiger partial charge on any atom is 0.256 e. The van der Waals surface area contributed by atoms with Crippen LogP contribution in [0.2, 0.25) is 0 Å². The van der Waals surface area contributed by atoms with Gasteiger partial charge in [-0.3, -0.25) is 4.79 Å². The van der Waals surface area contributed by atoms with Gasteiger partial charge in [-0.15, -0.1) is 0 Å². The number of fused-ring (bicyclic) bond motifs is 1. The first-order chi connectivity index (χ1) is 12.2. The van der Waals surface area contributed by atoms with Crippen molar-refractivity contribution in [3.8, 4) is 5.75 Å². The van der Waals surface area contributed by atoms with E-state index in [0.717, 1.165) is 6.54 Å². The van der Waals surface area contributed by atoms with E-state index in [1.165, 1.54) is 30.5 Å². The molecule has 2 aromatic heterocycles. The van der Waals surface area contributed by atoms with E-state index >= 15 is 0 Å². The summed E-state index contributed by atoms with van der Waals surface area (Å²) in [5, 5.41) is 9.98. The van der Waals surface area contributed by atoms with Crippen LogP contribution in [0.3, 0.4) is 0 Å². The summed E-state index contributed by atoms with van der Waals surface area (Å²) in [7, 11) is 0. The van der Waals surface area contributed by atoms with E-state index in [0.29, 0.717) is 29.3 Å². The van der Waals surface area contributed by atoms with E-state index in [1.54, 1.807) is 16.8 Å². The van der Waals surface area contributed by atoms with Crippen LogP contribution in [0.4, 0.5) is 10.2 Å². The normalized spacial score (nSPS) is 10.6. The highest BCUT2D eigenvalue weighted by molar-refractivity contribution is 5.99. The van der Waals surface area contributed by atoms with E-state index in [1.807, 2.05) is 6.92 Å². The molecule has 0 aliphatic carbocycles. The zero-order chi connectivity index (χ0) is 17.6. The first kappa shape index (κ1) is 16.7. The van der Waals surface area contributed by atoms with Gasteiger partial charge in [0.25, 0.3) is 5.91 Å². The van der Waals surface area contributed by atoms with E-state index in [9.17, 15) is 9.18 Å². The van der Waals surface area contributed by atoms with Crippen LogP contribution in [0.15, 0.2) is 42.7 Å². The Balaban J connectivity index is 1.58. The lowest BCUT2D eigenvalue weighted by atomic mass is 10.3. The van der Waals surface area contributed by atoms with Crippen LogP contribution < -0.4 is 15.4 Å². The number of amides is 1. The largest absolute Gasteiger partial charge is 0.492 e. The number of aromatic nitrogens is 3. The third kappa shape index (κ3) is 4.03. The quantitative estimate of drug-likeness (QED) is 0.642. The van der Waals surface area contributed by atoms with Gasteiger partial charge in [0.1, 0.15) is 29.6 Å². The number of halogens is 1. The van der Waals surface area contributed by atoms with Crippen molar-refractivity contribution < 1.29 is 13.9 Å². The van der Waals surface area contributed by atoms with Crippen molar-refractivity contribution in [2.24, 2.45) is 0 Å². The highest BCUT2D eigenvalue weighted by atomic mass is 19.1. The molecule has 0 saturated heterocycles. The lowest BCUT2D eigenvalue weighted by molar-refractivity contribution is 0.0948. The van der Waals surface area contributed by atoms with Gasteiger partial charge >= 0.3 is 0 Å². The van der Waals surface area contributed by atoms with Crippen LogP contribution in [0.25, 0.3) is 5.65 Å². The molecule has 0 bridgehead atoms. The Morgan fingerprint density at radius 1 is 1.28 bits per heavy atom. The number of carbonyl (C=O) groups is 1. The van der Waals surface area contributed by atoms with Crippen molar-refractivity contribution in [2.45, 2.75) is 6.92 Å². The number of ether oxygens (including phenoxy) is 1. The van der Waals surface area contributed by atoms with Gasteiger partial charge in [-0.2, -0.15) is 5.10 Å². The predicted molar refractivity (Wildman–Crippen MR) is 91.4 cm³/mol. The molecule has 3 rings (SSSR count). The van der Waals surface area contributed by atoms with Crippen molar-refractivity contribution in [2.75, 3.05) is 25.0 Å². The Hall–Kier alpha value is -3.16. The minimum Gasteiger partial charge on any atom is -0.492 e. The fraction of sp³-hybridized carbons (Fsp3) is 0.235. The molecule has 0 spiro atoms. The lowest BCUT2D eigenvalue weighted by Gasteiger charge is -2.07. The van der Waals surface area contributed by atoms with Crippen molar-refractivity contribution in [3.05, 3.63) is 54.1 Å². The summed E-state index contributed by atoms with van der Waals surface area (Å²) >= 11 is 0. The first-order valence-corrected chi connectivity index (χ1v) is 7.92. The molecule has 0 aliphatic rings. The molecule has 8 heteroatoms. The maximum absolute atomic E-state index is 12.8. The molecule has 0 atom stereocenters. The van der Waals surface area contributed by atoms with Crippen LogP contribution in [0.1, 0.15) is 17.3 Å². The monoisotopic (exact) mass is 343 g/mol. The average Bonchev–Trinajstić information content (AvgIpc) is 3.04. The van der Waals surface area contributed by atoms with Gasteiger partial charge in [0.15, 0.2) is 5.65 Å². The minimum absolute atomic E-state index is 0.270. The summed E-state index contributed by atoms with van der Waals surface area (Å²) in [5.41, 5.74) is 0.872. The minimum atomic E-state index is -0.321. The van der Waals surface area contributed by atoms with E-state index in [4.69, 9.17) is 4.74 Å². The second-order valence-corrected chi connectivity index (χ2v) is 5.23. The second-order valence-electron chi connectivity index (χ2n) is 5.23. The number of rotatable bonds is 7. The van der Waals surface area contributed by atoms with Crippen LogP contribution in [-0.4, -0.2) is 40.2 Å². The third-order valence-corrected chi connectivity index (χ3v) is 3.44. The van der Waals surface area contributed by atoms with E-state index in [-0.39, 0.29) is 18.3 Å². The van der Waals surface area contributed by atoms with E-state index < -0.39 is 0 Å². The van der Waals surface area contributed by atoms with Crippen molar-refractivity contribution in [1.29, 1.82) is 0 Å². The summed E-state index contributed by atoms with van der Waals surface area (Å²) < 4.78 is 19.8. The van der Waals surface area contributed by atoms with Gasteiger partial charge < -0.3 is 15.4 Å². The molecule has 2 N–H and O–H groups in total. The topological polar surface area (TPSA) is 80.5 Å². The van der Waals surface area contributed by atoms with Gasteiger partial charge in [-0.1, -0.05) is 0 Å². The molecule has 2 heterocycles. The molecule has 0 radical (unpaired) electrons. The van der Waals surface area contributed by atoms with Crippen LogP contribution in [0, 0.1) is 5.82 Å². The smallest absolute Gasteiger partial charge is 0.256 e. The second kappa shape index (κ2) is 7.61. The zero-order valence-corrected chi connectivity index (χ0v) is 13.7. The number of hydrogen-bond donors (Lipinski definition) is 2. The average molecular weight is 343 g/mol. The highest BCUT2D eigenvalue weighted by Crippen LogP contribution is 2.12. The first-order valence-electron chi connectivity index (χ1n) is 7.92. The standard InChI is InChI=1S/C17H18FN5O2/c1-2-19-15-7-9-23-16(22-15)14(11-21-23)17(24)20-8-10-25-13-5-3-12(18)4-6-13/h3-7,9,11H,2,8,10H2,1H3,(H,19,22)(H,20,24). The summed E-state index contributed by atoms with van der Waals surface area (Å²) in [6, 6.07) is 7.51. The SMILES string of the molecule is CCNc1ccn2ncc(C(=O)NCCOc3ccc(F)cc3)c2n1. The van der Waals surface area contributed by atoms with Crippen LogP contribution in [-0.2, 0) is 0 Å². The summed E-state index contributed by atoms with van der Waals surface area (Å²) in [6.45, 7) is 3.28. The van der Waals surface area contributed by atoms with Crippen LogP contribution >= 0.6 is 0 Å². The van der Waals surface area contributed by atoms with Gasteiger partial charge in [0, 0.05) is 12.7 Å².